The first-order valence-corrected chi connectivity index (χ1v) is 8.72. The molecule has 0 aliphatic carbocycles. The Morgan fingerprint density at radius 2 is 1.86 bits per heavy atom. The van der Waals surface area contributed by atoms with E-state index >= 15 is 0 Å². The number of urea groups is 1. The summed E-state index contributed by atoms with van der Waals surface area (Å²) in [7, 11) is 0. The van der Waals surface area contributed by atoms with Gasteiger partial charge in [0.05, 0.1) is 18.2 Å². The summed E-state index contributed by atoms with van der Waals surface area (Å²) in [4.78, 5) is 35.1. The van der Waals surface area contributed by atoms with Gasteiger partial charge in [0.15, 0.2) is 6.61 Å². The van der Waals surface area contributed by atoms with E-state index < -0.39 is 36.4 Å². The van der Waals surface area contributed by atoms with E-state index in [0.29, 0.717) is 10.6 Å². The molecule has 10 heteroatoms. The van der Waals surface area contributed by atoms with Crippen LogP contribution in [0.2, 0.25) is 10.0 Å². The number of hydrogen-bond acceptors (Lipinski definition) is 4. The normalized spacial score (nSPS) is 11.4. The van der Waals surface area contributed by atoms with Crippen LogP contribution in [0.15, 0.2) is 42.5 Å². The van der Waals surface area contributed by atoms with Crippen molar-refractivity contribution in [2.45, 2.75) is 12.5 Å². The Balaban J connectivity index is 1.94. The molecule has 4 N–H and O–H groups in total. The molecule has 0 spiro atoms. The van der Waals surface area contributed by atoms with Crippen molar-refractivity contribution in [2.75, 3.05) is 11.9 Å². The molecule has 2 aromatic rings. The minimum Gasteiger partial charge on any atom is -0.455 e. The number of rotatable bonds is 7. The van der Waals surface area contributed by atoms with Gasteiger partial charge in [-0.3, -0.25) is 9.59 Å². The number of carbonyl (C=O) groups is 3. The van der Waals surface area contributed by atoms with Crippen molar-refractivity contribution in [1.29, 1.82) is 0 Å². The average Bonchev–Trinajstić information content (AvgIpc) is 2.62. The second kappa shape index (κ2) is 9.91. The number of ether oxygens (including phenoxy) is 1. The first kappa shape index (κ1) is 21.5. The Labute approximate surface area is 169 Å². The molecule has 2 rings (SSSR count). The molecule has 2 aromatic carbocycles. The maximum Gasteiger partial charge on any atom is 0.312 e. The highest BCUT2D eigenvalue weighted by atomic mass is 35.5. The second-order valence-corrected chi connectivity index (χ2v) is 6.46. The molecule has 0 saturated heterocycles. The highest BCUT2D eigenvalue weighted by molar-refractivity contribution is 6.31. The molecule has 0 heterocycles. The van der Waals surface area contributed by atoms with Crippen molar-refractivity contribution in [1.82, 2.24) is 5.32 Å². The van der Waals surface area contributed by atoms with Gasteiger partial charge in [0.2, 0.25) is 0 Å². The van der Waals surface area contributed by atoms with Crippen LogP contribution in [0.5, 0.6) is 0 Å². The van der Waals surface area contributed by atoms with Crippen LogP contribution < -0.4 is 16.4 Å². The van der Waals surface area contributed by atoms with Crippen LogP contribution in [0.3, 0.4) is 0 Å². The van der Waals surface area contributed by atoms with Crippen LogP contribution in [0.1, 0.15) is 18.0 Å². The zero-order chi connectivity index (χ0) is 20.7. The molecule has 0 aliphatic heterocycles. The van der Waals surface area contributed by atoms with E-state index in [-0.39, 0.29) is 17.1 Å². The third-order valence-corrected chi connectivity index (χ3v) is 4.12. The summed E-state index contributed by atoms with van der Waals surface area (Å²) < 4.78 is 18.5. The van der Waals surface area contributed by atoms with E-state index in [4.69, 9.17) is 33.7 Å². The Morgan fingerprint density at radius 3 is 2.50 bits per heavy atom. The molecular weight excluding hydrogens is 412 g/mol. The zero-order valence-corrected chi connectivity index (χ0v) is 15.9. The molecule has 0 aromatic heterocycles. The van der Waals surface area contributed by atoms with Crippen LogP contribution in [-0.4, -0.2) is 24.5 Å². The fourth-order valence-electron chi connectivity index (χ4n) is 2.32. The van der Waals surface area contributed by atoms with E-state index in [0.717, 1.165) is 6.07 Å². The van der Waals surface area contributed by atoms with Gasteiger partial charge in [-0.05, 0) is 29.8 Å². The van der Waals surface area contributed by atoms with Crippen LogP contribution in [0, 0.1) is 5.82 Å². The van der Waals surface area contributed by atoms with E-state index in [1.54, 1.807) is 24.3 Å². The fraction of sp³-hybridized carbons (Fsp3) is 0.167. The lowest BCUT2D eigenvalue weighted by atomic mass is 10.0. The SMILES string of the molecule is NC(=O)NC(CC(=O)OCC(=O)Nc1ccc(Cl)cc1F)c1ccccc1Cl. The number of carbonyl (C=O) groups excluding carboxylic acids is 3. The van der Waals surface area contributed by atoms with Crippen molar-refractivity contribution in [3.05, 3.63) is 63.9 Å². The minimum absolute atomic E-state index is 0.102. The number of hydrogen-bond donors (Lipinski definition) is 3. The quantitative estimate of drug-likeness (QED) is 0.587. The number of nitrogens with one attached hydrogen (secondary N) is 2. The highest BCUT2D eigenvalue weighted by Gasteiger charge is 2.21. The molecule has 1 unspecified atom stereocenters. The first-order valence-electron chi connectivity index (χ1n) is 7.97. The maximum absolute atomic E-state index is 13.7. The summed E-state index contributed by atoms with van der Waals surface area (Å²) in [5.74, 6) is -2.26. The Bertz CT molecular complexity index is 895. The van der Waals surface area contributed by atoms with E-state index in [1.165, 1.54) is 12.1 Å². The highest BCUT2D eigenvalue weighted by Crippen LogP contribution is 2.25. The number of primary amides is 1. The van der Waals surface area contributed by atoms with Crippen LogP contribution >= 0.6 is 23.2 Å². The van der Waals surface area contributed by atoms with Crippen molar-refractivity contribution in [3.63, 3.8) is 0 Å². The summed E-state index contributed by atoms with van der Waals surface area (Å²) in [6.45, 7) is -0.646. The summed E-state index contributed by atoms with van der Waals surface area (Å²) in [6.07, 6.45) is -0.310. The Morgan fingerprint density at radius 1 is 1.14 bits per heavy atom. The molecule has 0 saturated carbocycles. The van der Waals surface area contributed by atoms with Crippen molar-refractivity contribution in [3.8, 4) is 0 Å². The molecule has 0 bridgehead atoms. The van der Waals surface area contributed by atoms with Crippen LogP contribution in [0.25, 0.3) is 0 Å². The molecule has 0 fully saturated rings. The van der Waals surface area contributed by atoms with Crippen molar-refractivity contribution < 1.29 is 23.5 Å². The number of halogens is 3. The monoisotopic (exact) mass is 427 g/mol. The standard InChI is InChI=1S/C18H16Cl2FN3O4/c19-10-5-6-14(13(21)7-10)23-16(25)9-28-17(26)8-15(24-18(22)27)11-3-1-2-4-12(11)20/h1-7,15H,8-9H2,(H,23,25)(H3,22,24,27). The fourth-order valence-corrected chi connectivity index (χ4v) is 2.74. The third kappa shape index (κ3) is 6.40. The lowest BCUT2D eigenvalue weighted by Crippen LogP contribution is -2.35. The Hall–Kier alpha value is -2.84. The summed E-state index contributed by atoms with van der Waals surface area (Å²) in [6, 6.07) is 8.59. The minimum atomic E-state index is -0.853. The summed E-state index contributed by atoms with van der Waals surface area (Å²) >= 11 is 11.7. The molecule has 1 atom stereocenters. The number of amides is 3. The zero-order valence-electron chi connectivity index (χ0n) is 14.4. The molecule has 0 radical (unpaired) electrons. The predicted molar refractivity (Wildman–Crippen MR) is 103 cm³/mol. The average molecular weight is 428 g/mol. The topological polar surface area (TPSA) is 111 Å². The van der Waals surface area contributed by atoms with E-state index in [9.17, 15) is 18.8 Å². The third-order valence-electron chi connectivity index (χ3n) is 3.54. The van der Waals surface area contributed by atoms with Gasteiger partial charge < -0.3 is 21.1 Å². The van der Waals surface area contributed by atoms with Crippen molar-refractivity contribution >= 4 is 46.8 Å². The lowest BCUT2D eigenvalue weighted by molar-refractivity contribution is -0.147. The molecule has 3 amide bonds. The van der Waals surface area contributed by atoms with Gasteiger partial charge in [-0.2, -0.15) is 0 Å². The van der Waals surface area contributed by atoms with Gasteiger partial charge in [-0.15, -0.1) is 0 Å². The van der Waals surface area contributed by atoms with Crippen molar-refractivity contribution in [2.24, 2.45) is 5.73 Å². The first-order chi connectivity index (χ1) is 13.3. The van der Waals surface area contributed by atoms with Gasteiger partial charge in [-0.25, -0.2) is 9.18 Å². The van der Waals surface area contributed by atoms with Crippen LogP contribution in [-0.2, 0) is 14.3 Å². The molecule has 7 nitrogen and oxygen atoms in total. The smallest absolute Gasteiger partial charge is 0.312 e. The van der Waals surface area contributed by atoms with Crippen LogP contribution in [0.4, 0.5) is 14.9 Å². The number of anilines is 1. The molecule has 28 heavy (non-hydrogen) atoms. The maximum atomic E-state index is 13.7. The Kier molecular flexibility index (Phi) is 7.60. The molecule has 0 aliphatic rings. The van der Waals surface area contributed by atoms with E-state index in [2.05, 4.69) is 10.6 Å². The number of esters is 1. The summed E-state index contributed by atoms with van der Waals surface area (Å²) in [5, 5.41) is 5.16. The van der Waals surface area contributed by atoms with Gasteiger partial charge in [-0.1, -0.05) is 41.4 Å². The van der Waals surface area contributed by atoms with Gasteiger partial charge >= 0.3 is 12.0 Å². The molecular formula is C18H16Cl2FN3O4. The second-order valence-electron chi connectivity index (χ2n) is 5.62. The van der Waals surface area contributed by atoms with Gasteiger partial charge in [0.25, 0.3) is 5.91 Å². The van der Waals surface area contributed by atoms with E-state index in [1.807, 2.05) is 0 Å². The number of benzene rings is 2. The predicted octanol–water partition coefficient (Wildman–Crippen LogP) is 3.41. The lowest BCUT2D eigenvalue weighted by Gasteiger charge is -2.18. The summed E-state index contributed by atoms with van der Waals surface area (Å²) in [5.41, 5.74) is 5.50. The number of nitrogens with two attached hydrogens (primary N) is 1. The largest absolute Gasteiger partial charge is 0.455 e. The van der Waals surface area contributed by atoms with Gasteiger partial charge in [0.1, 0.15) is 5.82 Å². The van der Waals surface area contributed by atoms with Gasteiger partial charge in [0, 0.05) is 10.0 Å². The molecule has 148 valence electrons.